The number of allylic oxidation sites excluding steroid dienone is 1. The number of aromatic nitrogens is 2. The number of methoxy groups -OCH3 is 2. The summed E-state index contributed by atoms with van der Waals surface area (Å²) >= 11 is 0. The molecule has 1 N–H and O–H groups in total. The van der Waals surface area contributed by atoms with Crippen molar-refractivity contribution in [2.75, 3.05) is 20.8 Å². The van der Waals surface area contributed by atoms with Gasteiger partial charge >= 0.3 is 6.03 Å². The molecule has 2 aromatic carbocycles. The van der Waals surface area contributed by atoms with Gasteiger partial charge in [0.15, 0.2) is 11.5 Å². The molecule has 0 saturated carbocycles. The first-order chi connectivity index (χ1) is 17.0. The fourth-order valence-corrected chi connectivity index (χ4v) is 4.27. The number of ether oxygens (including phenoxy) is 2. The molecule has 3 aromatic rings. The Morgan fingerprint density at radius 2 is 1.80 bits per heavy atom. The van der Waals surface area contributed by atoms with Crippen LogP contribution in [-0.2, 0) is 6.42 Å². The van der Waals surface area contributed by atoms with Crippen LogP contribution in [0.5, 0.6) is 11.5 Å². The molecule has 1 atom stereocenters. The standard InChI is InChI=1S/C27H32N4O4/c1-6-8-15-31-17(3)23(24(28-27(31)32)19-11-9-18(7-2)10-12-19)26-29-25(30-35-26)20-13-14-21(33-4)22(16-20)34-5/h9-14,16,24H,6-8,15H2,1-5H3,(H,28,32). The van der Waals surface area contributed by atoms with E-state index in [1.165, 1.54) is 5.56 Å². The summed E-state index contributed by atoms with van der Waals surface area (Å²) in [4.78, 5) is 19.5. The first kappa shape index (κ1) is 24.3. The van der Waals surface area contributed by atoms with Gasteiger partial charge in [-0.3, -0.25) is 4.90 Å². The average molecular weight is 477 g/mol. The van der Waals surface area contributed by atoms with Crippen LogP contribution in [0.1, 0.15) is 56.7 Å². The van der Waals surface area contributed by atoms with Gasteiger partial charge in [0.05, 0.1) is 25.8 Å². The molecular formula is C27H32N4O4. The van der Waals surface area contributed by atoms with E-state index in [9.17, 15) is 4.79 Å². The Hall–Kier alpha value is -3.81. The Balaban J connectivity index is 1.77. The molecule has 1 aliphatic rings. The van der Waals surface area contributed by atoms with E-state index in [1.807, 2.05) is 31.2 Å². The summed E-state index contributed by atoms with van der Waals surface area (Å²) in [5.41, 5.74) is 4.54. The number of nitrogens with one attached hydrogen (secondary N) is 1. The van der Waals surface area contributed by atoms with Crippen molar-refractivity contribution in [1.82, 2.24) is 20.4 Å². The topological polar surface area (TPSA) is 89.7 Å². The number of benzene rings is 2. The molecule has 1 aliphatic heterocycles. The number of aryl methyl sites for hydroxylation is 1. The summed E-state index contributed by atoms with van der Waals surface area (Å²) in [6.45, 7) is 6.78. The van der Waals surface area contributed by atoms with E-state index in [1.54, 1.807) is 25.2 Å². The number of urea groups is 1. The minimum Gasteiger partial charge on any atom is -0.493 e. The first-order valence-corrected chi connectivity index (χ1v) is 11.9. The largest absolute Gasteiger partial charge is 0.493 e. The number of rotatable bonds is 9. The van der Waals surface area contributed by atoms with E-state index in [2.05, 4.69) is 36.5 Å². The predicted molar refractivity (Wildman–Crippen MR) is 134 cm³/mol. The smallest absolute Gasteiger partial charge is 0.322 e. The van der Waals surface area contributed by atoms with Crippen molar-refractivity contribution in [3.05, 3.63) is 65.2 Å². The lowest BCUT2D eigenvalue weighted by Crippen LogP contribution is -2.46. The lowest BCUT2D eigenvalue weighted by atomic mass is 9.93. The Bertz CT molecular complexity index is 1220. The number of carbonyl (C=O) groups is 1. The van der Waals surface area contributed by atoms with E-state index in [0.29, 0.717) is 29.8 Å². The molecule has 4 rings (SSSR count). The highest BCUT2D eigenvalue weighted by molar-refractivity contribution is 5.86. The molecule has 0 spiro atoms. The van der Waals surface area contributed by atoms with E-state index in [4.69, 9.17) is 19.0 Å². The summed E-state index contributed by atoms with van der Waals surface area (Å²) in [5.74, 6) is 2.00. The lowest BCUT2D eigenvalue weighted by Gasteiger charge is -2.35. The van der Waals surface area contributed by atoms with Gasteiger partial charge < -0.3 is 19.3 Å². The van der Waals surface area contributed by atoms with Crippen LogP contribution in [0.4, 0.5) is 4.79 Å². The van der Waals surface area contributed by atoms with Crippen molar-refractivity contribution < 1.29 is 18.8 Å². The summed E-state index contributed by atoms with van der Waals surface area (Å²) in [6, 6.07) is 13.2. The SMILES string of the molecule is CCCCN1C(=O)NC(c2ccc(CC)cc2)C(c2nc(-c3ccc(OC)c(OC)c3)no2)=C1C. The number of unbranched alkanes of at least 4 members (excludes halogenated alkanes) is 1. The Kier molecular flexibility index (Phi) is 7.39. The van der Waals surface area contributed by atoms with Gasteiger partial charge in [0, 0.05) is 17.8 Å². The van der Waals surface area contributed by atoms with E-state index in [0.717, 1.165) is 41.7 Å². The van der Waals surface area contributed by atoms with Crippen LogP contribution in [0.2, 0.25) is 0 Å². The molecular weight excluding hydrogens is 444 g/mol. The van der Waals surface area contributed by atoms with Crippen molar-refractivity contribution in [1.29, 1.82) is 0 Å². The van der Waals surface area contributed by atoms with Gasteiger partial charge in [0.25, 0.3) is 5.89 Å². The second-order valence-corrected chi connectivity index (χ2v) is 8.47. The molecule has 0 radical (unpaired) electrons. The van der Waals surface area contributed by atoms with Crippen LogP contribution < -0.4 is 14.8 Å². The molecule has 35 heavy (non-hydrogen) atoms. The maximum Gasteiger partial charge on any atom is 0.322 e. The molecule has 184 valence electrons. The monoisotopic (exact) mass is 476 g/mol. The fraction of sp³-hybridized carbons (Fsp3) is 0.370. The van der Waals surface area contributed by atoms with Crippen LogP contribution in [0, 0.1) is 0 Å². The van der Waals surface area contributed by atoms with Crippen molar-refractivity contribution in [3.8, 4) is 22.9 Å². The second kappa shape index (κ2) is 10.6. The Labute approximate surface area is 205 Å². The molecule has 0 aliphatic carbocycles. The second-order valence-electron chi connectivity index (χ2n) is 8.47. The Morgan fingerprint density at radius 1 is 1.06 bits per heavy atom. The predicted octanol–water partition coefficient (Wildman–Crippen LogP) is 5.61. The summed E-state index contributed by atoms with van der Waals surface area (Å²) in [7, 11) is 3.18. The number of nitrogens with zero attached hydrogens (tertiary/aromatic N) is 3. The van der Waals surface area contributed by atoms with Gasteiger partial charge in [-0.25, -0.2) is 4.79 Å². The Morgan fingerprint density at radius 3 is 2.46 bits per heavy atom. The molecule has 0 fully saturated rings. The van der Waals surface area contributed by atoms with Crippen LogP contribution >= 0.6 is 0 Å². The van der Waals surface area contributed by atoms with Gasteiger partial charge in [-0.05, 0) is 49.1 Å². The maximum absolute atomic E-state index is 13.0. The fourth-order valence-electron chi connectivity index (χ4n) is 4.27. The molecule has 1 aromatic heterocycles. The number of amides is 2. The summed E-state index contributed by atoms with van der Waals surface area (Å²) in [5, 5.41) is 7.40. The summed E-state index contributed by atoms with van der Waals surface area (Å²) in [6.07, 6.45) is 2.83. The van der Waals surface area contributed by atoms with Crippen LogP contribution in [0.25, 0.3) is 17.0 Å². The molecule has 8 heteroatoms. The average Bonchev–Trinajstić information content (AvgIpc) is 3.37. The quantitative estimate of drug-likeness (QED) is 0.431. The van der Waals surface area contributed by atoms with E-state index < -0.39 is 6.04 Å². The highest BCUT2D eigenvalue weighted by Gasteiger charge is 2.35. The van der Waals surface area contributed by atoms with Gasteiger partial charge in [0.1, 0.15) is 0 Å². The minimum atomic E-state index is -0.398. The first-order valence-electron chi connectivity index (χ1n) is 11.9. The van der Waals surface area contributed by atoms with Gasteiger partial charge in [0.2, 0.25) is 5.82 Å². The van der Waals surface area contributed by atoms with E-state index >= 15 is 0 Å². The van der Waals surface area contributed by atoms with E-state index in [-0.39, 0.29) is 6.03 Å². The molecule has 2 amide bonds. The molecule has 0 saturated heterocycles. The van der Waals surface area contributed by atoms with Crippen LogP contribution in [0.15, 0.2) is 52.7 Å². The number of hydrogen-bond donors (Lipinski definition) is 1. The number of carbonyl (C=O) groups excluding carboxylic acids is 1. The third kappa shape index (κ3) is 4.87. The summed E-state index contributed by atoms with van der Waals surface area (Å²) < 4.78 is 16.5. The van der Waals surface area contributed by atoms with Crippen molar-refractivity contribution in [3.63, 3.8) is 0 Å². The minimum absolute atomic E-state index is 0.121. The van der Waals surface area contributed by atoms with Crippen molar-refractivity contribution in [2.45, 2.75) is 46.1 Å². The molecule has 1 unspecified atom stereocenters. The van der Waals surface area contributed by atoms with Crippen molar-refractivity contribution >= 4 is 11.6 Å². The third-order valence-electron chi connectivity index (χ3n) is 6.35. The lowest BCUT2D eigenvalue weighted by molar-refractivity contribution is 0.204. The molecule has 0 bridgehead atoms. The zero-order valence-corrected chi connectivity index (χ0v) is 20.9. The maximum atomic E-state index is 13.0. The number of hydrogen-bond acceptors (Lipinski definition) is 6. The third-order valence-corrected chi connectivity index (χ3v) is 6.35. The van der Waals surface area contributed by atoms with Gasteiger partial charge in [-0.2, -0.15) is 4.98 Å². The van der Waals surface area contributed by atoms with Crippen LogP contribution in [0.3, 0.4) is 0 Å². The zero-order valence-electron chi connectivity index (χ0n) is 20.9. The highest BCUT2D eigenvalue weighted by atomic mass is 16.5. The normalized spacial score (nSPS) is 15.9. The van der Waals surface area contributed by atoms with Crippen LogP contribution in [-0.4, -0.2) is 41.8 Å². The highest BCUT2D eigenvalue weighted by Crippen LogP contribution is 2.38. The molecule has 8 nitrogen and oxygen atoms in total. The van der Waals surface area contributed by atoms with Crippen molar-refractivity contribution in [2.24, 2.45) is 0 Å². The van der Waals surface area contributed by atoms with Gasteiger partial charge in [-0.15, -0.1) is 0 Å². The molecule has 2 heterocycles. The van der Waals surface area contributed by atoms with Gasteiger partial charge in [-0.1, -0.05) is 49.7 Å². The zero-order chi connectivity index (χ0) is 24.9.